The summed E-state index contributed by atoms with van der Waals surface area (Å²) in [5.74, 6) is 0. The molecule has 0 aromatic carbocycles. The second-order valence-electron chi connectivity index (χ2n) is 3.48. The van der Waals surface area contributed by atoms with Crippen molar-refractivity contribution in [1.29, 1.82) is 0 Å². The van der Waals surface area contributed by atoms with E-state index in [0.717, 1.165) is 18.7 Å². The van der Waals surface area contributed by atoms with Crippen LogP contribution in [0.25, 0.3) is 0 Å². The third kappa shape index (κ3) is 3.06. The number of hydrogen-bond acceptors (Lipinski definition) is 1. The largest absolute Gasteiger partial charge is 0.417 e. The molecular weight excluding hydrogens is 318 g/mol. The molecule has 1 rings (SSSR count). The topological polar surface area (TPSA) is 12.9 Å². The number of rotatable bonds is 2. The van der Waals surface area contributed by atoms with Gasteiger partial charge < -0.3 is 0 Å². The highest BCUT2D eigenvalue weighted by Crippen LogP contribution is 2.35. The summed E-state index contributed by atoms with van der Waals surface area (Å²) < 4.78 is 36.6. The number of aromatic nitrogens is 1. The summed E-state index contributed by atoms with van der Waals surface area (Å²) in [4.78, 5) is 3.86. The van der Waals surface area contributed by atoms with Gasteiger partial charge in [-0.05, 0) is 25.5 Å². The van der Waals surface area contributed by atoms with Gasteiger partial charge in [-0.3, -0.25) is 4.98 Å². The van der Waals surface area contributed by atoms with Gasteiger partial charge in [0.1, 0.15) is 0 Å². The van der Waals surface area contributed by atoms with Gasteiger partial charge in [0.25, 0.3) is 0 Å². The van der Waals surface area contributed by atoms with Crippen molar-refractivity contribution < 1.29 is 13.2 Å². The smallest absolute Gasteiger partial charge is 0.259 e. The molecule has 0 amide bonds. The van der Waals surface area contributed by atoms with Crippen LogP contribution in [-0.4, -0.2) is 4.98 Å². The molecule has 0 fully saturated rings. The minimum absolute atomic E-state index is 0.206. The van der Waals surface area contributed by atoms with Gasteiger partial charge in [-0.1, -0.05) is 29.5 Å². The van der Waals surface area contributed by atoms with Crippen LogP contribution in [0.2, 0.25) is 0 Å². The van der Waals surface area contributed by atoms with E-state index in [4.69, 9.17) is 0 Å². The zero-order chi connectivity index (χ0) is 11.7. The summed E-state index contributed by atoms with van der Waals surface area (Å²) in [6.07, 6.45) is -2.59. The first-order chi connectivity index (χ1) is 6.77. The number of nitrogens with zero attached hydrogens (tertiary/aromatic N) is 1. The molecule has 0 spiro atoms. The summed E-state index contributed by atoms with van der Waals surface area (Å²) in [5, 5.41) is 0. The maximum atomic E-state index is 12.3. The van der Waals surface area contributed by atoms with Gasteiger partial charge in [0.05, 0.1) is 14.7 Å². The first-order valence-corrected chi connectivity index (χ1v) is 5.58. The fourth-order valence-electron chi connectivity index (χ4n) is 1.05. The van der Waals surface area contributed by atoms with Gasteiger partial charge in [-0.25, -0.2) is 0 Å². The first kappa shape index (κ1) is 12.7. The van der Waals surface area contributed by atoms with Crippen LogP contribution in [0.15, 0.2) is 18.3 Å². The van der Waals surface area contributed by atoms with Crippen LogP contribution >= 0.6 is 22.6 Å². The molecule has 1 aromatic rings. The molecule has 0 N–H and O–H groups in total. The van der Waals surface area contributed by atoms with Crippen LogP contribution in [0.5, 0.6) is 0 Å². The summed E-state index contributed by atoms with van der Waals surface area (Å²) in [6, 6.07) is 2.52. The lowest BCUT2D eigenvalue weighted by Crippen LogP contribution is -2.14. The Balaban J connectivity index is 3.01. The van der Waals surface area contributed by atoms with Gasteiger partial charge in [-0.15, -0.1) is 0 Å². The summed E-state index contributed by atoms with van der Waals surface area (Å²) in [7, 11) is 0. The maximum Gasteiger partial charge on any atom is 0.417 e. The molecule has 0 saturated carbocycles. The van der Waals surface area contributed by atoms with Crippen molar-refractivity contribution in [2.24, 2.45) is 0 Å². The van der Waals surface area contributed by atoms with E-state index in [1.165, 1.54) is 6.07 Å². The van der Waals surface area contributed by atoms with E-state index in [-0.39, 0.29) is 3.42 Å². The van der Waals surface area contributed by atoms with Gasteiger partial charge >= 0.3 is 6.18 Å². The zero-order valence-electron chi connectivity index (χ0n) is 8.40. The lowest BCUT2D eigenvalue weighted by molar-refractivity contribution is -0.137. The van der Waals surface area contributed by atoms with E-state index in [9.17, 15) is 13.2 Å². The predicted octanol–water partition coefficient (Wildman–Crippen LogP) is 4.16. The lowest BCUT2D eigenvalue weighted by atomic mass is 10.0. The fourth-order valence-corrected chi connectivity index (χ4v) is 1.37. The molecule has 1 unspecified atom stereocenters. The molecular formula is C10H11F3IN. The third-order valence-electron chi connectivity index (χ3n) is 2.29. The van der Waals surface area contributed by atoms with Crippen molar-refractivity contribution >= 4 is 22.6 Å². The molecule has 0 aliphatic carbocycles. The quantitative estimate of drug-likeness (QED) is 0.586. The molecule has 15 heavy (non-hydrogen) atoms. The zero-order valence-corrected chi connectivity index (χ0v) is 10.6. The number of hydrogen-bond donors (Lipinski definition) is 0. The molecule has 0 saturated heterocycles. The Kier molecular flexibility index (Phi) is 3.63. The minimum Gasteiger partial charge on any atom is -0.259 e. The standard InChI is InChI=1S/C10H11F3IN/c1-3-9(2,14)8-5-4-7(6-15-8)10(11,12)13/h4-6H,3H2,1-2H3. The Hall–Kier alpha value is -0.330. The lowest BCUT2D eigenvalue weighted by Gasteiger charge is -2.20. The molecule has 1 heterocycles. The molecule has 0 bridgehead atoms. The van der Waals surface area contributed by atoms with Crippen LogP contribution in [0.4, 0.5) is 13.2 Å². The second-order valence-corrected chi connectivity index (χ2v) is 5.86. The maximum absolute atomic E-state index is 12.3. The van der Waals surface area contributed by atoms with Crippen LogP contribution in [0.1, 0.15) is 31.5 Å². The van der Waals surface area contributed by atoms with Crippen molar-refractivity contribution in [2.45, 2.75) is 29.9 Å². The molecule has 1 nitrogen and oxygen atoms in total. The van der Waals surface area contributed by atoms with E-state index in [1.807, 2.05) is 13.8 Å². The highest BCUT2D eigenvalue weighted by Gasteiger charge is 2.31. The molecule has 0 aliphatic rings. The van der Waals surface area contributed by atoms with E-state index in [2.05, 4.69) is 27.6 Å². The van der Waals surface area contributed by atoms with Crippen molar-refractivity contribution in [3.05, 3.63) is 29.6 Å². The number of alkyl halides is 4. The van der Waals surface area contributed by atoms with E-state index >= 15 is 0 Å². The van der Waals surface area contributed by atoms with Crippen molar-refractivity contribution in [3.8, 4) is 0 Å². The number of halogens is 4. The van der Waals surface area contributed by atoms with Crippen LogP contribution < -0.4 is 0 Å². The SMILES string of the molecule is CCC(C)(I)c1ccc(C(F)(F)F)cn1. The Morgan fingerprint density at radius 2 is 1.93 bits per heavy atom. The van der Waals surface area contributed by atoms with Crippen molar-refractivity contribution in [2.75, 3.05) is 0 Å². The molecule has 0 aliphatic heterocycles. The predicted molar refractivity (Wildman–Crippen MR) is 60.9 cm³/mol. The average Bonchev–Trinajstić information content (AvgIpc) is 2.17. The molecule has 1 aromatic heterocycles. The summed E-state index contributed by atoms with van der Waals surface area (Å²) in [6.45, 7) is 3.93. The third-order valence-corrected chi connectivity index (χ3v) is 3.60. The van der Waals surface area contributed by atoms with E-state index in [1.54, 1.807) is 0 Å². The molecule has 0 radical (unpaired) electrons. The van der Waals surface area contributed by atoms with Gasteiger partial charge in [0.2, 0.25) is 0 Å². The van der Waals surface area contributed by atoms with Crippen LogP contribution in [-0.2, 0) is 9.60 Å². The van der Waals surface area contributed by atoms with Crippen LogP contribution in [0, 0.1) is 0 Å². The second kappa shape index (κ2) is 4.27. The summed E-state index contributed by atoms with van der Waals surface area (Å²) in [5.41, 5.74) is -0.0202. The molecule has 1 atom stereocenters. The average molecular weight is 329 g/mol. The highest BCUT2D eigenvalue weighted by atomic mass is 127. The Morgan fingerprint density at radius 1 is 1.33 bits per heavy atom. The first-order valence-electron chi connectivity index (χ1n) is 4.50. The van der Waals surface area contributed by atoms with Gasteiger partial charge in [0.15, 0.2) is 0 Å². The van der Waals surface area contributed by atoms with Gasteiger partial charge in [-0.2, -0.15) is 13.2 Å². The Bertz CT molecular complexity index is 330. The van der Waals surface area contributed by atoms with Crippen LogP contribution in [0.3, 0.4) is 0 Å². The van der Waals surface area contributed by atoms with Gasteiger partial charge in [0, 0.05) is 6.20 Å². The van der Waals surface area contributed by atoms with Crippen molar-refractivity contribution in [3.63, 3.8) is 0 Å². The monoisotopic (exact) mass is 329 g/mol. The van der Waals surface area contributed by atoms with E-state index < -0.39 is 11.7 Å². The minimum atomic E-state index is -4.31. The number of pyridine rings is 1. The highest BCUT2D eigenvalue weighted by molar-refractivity contribution is 14.1. The Labute approximate surface area is 100 Å². The Morgan fingerprint density at radius 3 is 2.27 bits per heavy atom. The summed E-state index contributed by atoms with van der Waals surface area (Å²) >= 11 is 2.19. The fraction of sp³-hybridized carbons (Fsp3) is 0.500. The normalized spacial score (nSPS) is 16.1. The molecule has 84 valence electrons. The van der Waals surface area contributed by atoms with E-state index in [0.29, 0.717) is 5.69 Å². The molecule has 5 heteroatoms. The van der Waals surface area contributed by atoms with Crippen molar-refractivity contribution in [1.82, 2.24) is 4.98 Å².